The van der Waals surface area contributed by atoms with E-state index >= 15 is 0 Å². The minimum absolute atomic E-state index is 0.0113. The van der Waals surface area contributed by atoms with Crippen molar-refractivity contribution in [2.24, 2.45) is 0 Å². The molecule has 0 bridgehead atoms. The molecule has 3 atom stereocenters. The minimum atomic E-state index is 0.0113. The van der Waals surface area contributed by atoms with E-state index in [2.05, 4.69) is 22.1 Å². The molecule has 1 N–H and O–H groups in total. The molecule has 1 aromatic heterocycles. The zero-order valence-corrected chi connectivity index (χ0v) is 12.7. The second kappa shape index (κ2) is 6.24. The fourth-order valence-electron chi connectivity index (χ4n) is 3.06. The summed E-state index contributed by atoms with van der Waals surface area (Å²) in [7, 11) is 0. The summed E-state index contributed by atoms with van der Waals surface area (Å²) in [4.78, 5) is 14.6. The van der Waals surface area contributed by atoms with Gasteiger partial charge in [0.1, 0.15) is 6.10 Å². The fourth-order valence-corrected chi connectivity index (χ4v) is 3.76. The summed E-state index contributed by atoms with van der Waals surface area (Å²) in [6, 6.07) is 2.10. The van der Waals surface area contributed by atoms with Crippen LogP contribution in [-0.2, 0) is 9.53 Å². The summed E-state index contributed by atoms with van der Waals surface area (Å²) in [5, 5.41) is 7.53. The molecule has 0 spiro atoms. The maximum Gasteiger partial charge on any atom is 0.239 e. The zero-order chi connectivity index (χ0) is 13.9. The van der Waals surface area contributed by atoms with Gasteiger partial charge in [-0.05, 0) is 48.7 Å². The average Bonchev–Trinajstić information content (AvgIpc) is 3.01. The first kappa shape index (κ1) is 14.0. The van der Waals surface area contributed by atoms with Crippen molar-refractivity contribution in [3.8, 4) is 0 Å². The van der Waals surface area contributed by atoms with Crippen molar-refractivity contribution in [1.82, 2.24) is 10.2 Å². The SMILES string of the molecule is CC1CN(C(=O)C2CCCCN2)CC(c2ccsc2)O1. The number of amides is 1. The smallest absolute Gasteiger partial charge is 0.239 e. The Labute approximate surface area is 124 Å². The second-order valence-corrected chi connectivity index (χ2v) is 6.52. The first-order valence-electron chi connectivity index (χ1n) is 7.44. The highest BCUT2D eigenvalue weighted by molar-refractivity contribution is 7.07. The number of nitrogens with one attached hydrogen (secondary N) is 1. The second-order valence-electron chi connectivity index (χ2n) is 5.74. The van der Waals surface area contributed by atoms with Gasteiger partial charge in [0.05, 0.1) is 18.7 Å². The van der Waals surface area contributed by atoms with Crippen LogP contribution in [-0.4, -0.2) is 42.6 Å². The molecule has 2 fully saturated rings. The molecule has 20 heavy (non-hydrogen) atoms. The number of ether oxygens (including phenoxy) is 1. The third-order valence-electron chi connectivity index (χ3n) is 4.10. The van der Waals surface area contributed by atoms with E-state index < -0.39 is 0 Å². The molecule has 0 aromatic carbocycles. The van der Waals surface area contributed by atoms with E-state index in [4.69, 9.17) is 4.74 Å². The maximum atomic E-state index is 12.6. The standard InChI is InChI=1S/C15H22N2O2S/c1-11-8-17(15(18)13-4-2-3-6-16-13)9-14(19-11)12-5-7-20-10-12/h5,7,10-11,13-14,16H,2-4,6,8-9H2,1H3. The van der Waals surface area contributed by atoms with Crippen LogP contribution >= 0.6 is 11.3 Å². The number of carbonyl (C=O) groups excluding carboxylic acids is 1. The van der Waals surface area contributed by atoms with Crippen molar-refractivity contribution in [1.29, 1.82) is 0 Å². The predicted octanol–water partition coefficient (Wildman–Crippen LogP) is 2.18. The number of thiophene rings is 1. The van der Waals surface area contributed by atoms with Gasteiger partial charge in [0.25, 0.3) is 0 Å². The molecule has 2 saturated heterocycles. The van der Waals surface area contributed by atoms with E-state index in [1.54, 1.807) is 11.3 Å². The number of nitrogens with zero attached hydrogens (tertiary/aromatic N) is 1. The van der Waals surface area contributed by atoms with Crippen molar-refractivity contribution >= 4 is 17.2 Å². The Hall–Kier alpha value is -0.910. The van der Waals surface area contributed by atoms with E-state index in [-0.39, 0.29) is 24.2 Å². The van der Waals surface area contributed by atoms with Gasteiger partial charge < -0.3 is 15.0 Å². The maximum absolute atomic E-state index is 12.6. The molecule has 3 rings (SSSR count). The third-order valence-corrected chi connectivity index (χ3v) is 4.80. The molecule has 2 aliphatic rings. The summed E-state index contributed by atoms with van der Waals surface area (Å²) >= 11 is 1.68. The summed E-state index contributed by atoms with van der Waals surface area (Å²) < 4.78 is 5.99. The van der Waals surface area contributed by atoms with Crippen LogP contribution in [0, 0.1) is 0 Å². The summed E-state index contributed by atoms with van der Waals surface area (Å²) in [6.45, 7) is 4.40. The predicted molar refractivity (Wildman–Crippen MR) is 79.8 cm³/mol. The first-order chi connectivity index (χ1) is 9.74. The van der Waals surface area contributed by atoms with E-state index in [0.717, 1.165) is 19.4 Å². The lowest BCUT2D eigenvalue weighted by Crippen LogP contribution is -2.53. The first-order valence-corrected chi connectivity index (χ1v) is 8.38. The van der Waals surface area contributed by atoms with Crippen LogP contribution < -0.4 is 5.32 Å². The minimum Gasteiger partial charge on any atom is -0.367 e. The van der Waals surface area contributed by atoms with Gasteiger partial charge >= 0.3 is 0 Å². The summed E-state index contributed by atoms with van der Waals surface area (Å²) in [5.74, 6) is 0.250. The topological polar surface area (TPSA) is 41.6 Å². The van der Waals surface area contributed by atoms with Crippen LogP contribution in [0.3, 0.4) is 0 Å². The van der Waals surface area contributed by atoms with Gasteiger partial charge in [0.2, 0.25) is 5.91 Å². The highest BCUT2D eigenvalue weighted by atomic mass is 32.1. The zero-order valence-electron chi connectivity index (χ0n) is 11.9. The Morgan fingerprint density at radius 3 is 3.05 bits per heavy atom. The van der Waals surface area contributed by atoms with Crippen molar-refractivity contribution in [2.45, 2.75) is 44.4 Å². The quantitative estimate of drug-likeness (QED) is 0.909. The highest BCUT2D eigenvalue weighted by Crippen LogP contribution is 2.27. The molecular formula is C15H22N2O2S. The number of carbonyl (C=O) groups is 1. The molecule has 0 saturated carbocycles. The Morgan fingerprint density at radius 2 is 2.35 bits per heavy atom. The van der Waals surface area contributed by atoms with E-state index in [1.807, 2.05) is 11.8 Å². The lowest BCUT2D eigenvalue weighted by atomic mass is 10.0. The van der Waals surface area contributed by atoms with E-state index in [0.29, 0.717) is 13.1 Å². The molecule has 5 heteroatoms. The monoisotopic (exact) mass is 294 g/mol. The molecule has 1 aromatic rings. The number of morpholine rings is 1. The molecule has 3 heterocycles. The van der Waals surface area contributed by atoms with Gasteiger partial charge in [-0.3, -0.25) is 4.79 Å². The van der Waals surface area contributed by atoms with E-state index in [9.17, 15) is 4.79 Å². The molecule has 2 aliphatic heterocycles. The van der Waals surface area contributed by atoms with Gasteiger partial charge in [-0.25, -0.2) is 0 Å². The van der Waals surface area contributed by atoms with Crippen LogP contribution in [0.1, 0.15) is 37.9 Å². The van der Waals surface area contributed by atoms with Crippen LogP contribution in [0.4, 0.5) is 0 Å². The molecule has 0 aliphatic carbocycles. The molecule has 3 unspecified atom stereocenters. The van der Waals surface area contributed by atoms with Crippen LogP contribution in [0.2, 0.25) is 0 Å². The van der Waals surface area contributed by atoms with Crippen molar-refractivity contribution in [3.63, 3.8) is 0 Å². The lowest BCUT2D eigenvalue weighted by molar-refractivity contribution is -0.147. The largest absolute Gasteiger partial charge is 0.367 e. The van der Waals surface area contributed by atoms with Gasteiger partial charge in [-0.2, -0.15) is 11.3 Å². The van der Waals surface area contributed by atoms with Crippen molar-refractivity contribution in [2.75, 3.05) is 19.6 Å². The van der Waals surface area contributed by atoms with Crippen molar-refractivity contribution in [3.05, 3.63) is 22.4 Å². The van der Waals surface area contributed by atoms with Gasteiger partial charge in [0, 0.05) is 6.54 Å². The summed E-state index contributed by atoms with van der Waals surface area (Å²) in [5.41, 5.74) is 1.19. The Kier molecular flexibility index (Phi) is 4.38. The van der Waals surface area contributed by atoms with Crippen molar-refractivity contribution < 1.29 is 9.53 Å². The number of rotatable bonds is 2. The van der Waals surface area contributed by atoms with Crippen LogP contribution in [0.25, 0.3) is 0 Å². The number of piperidine rings is 1. The van der Waals surface area contributed by atoms with Crippen LogP contribution in [0.15, 0.2) is 16.8 Å². The van der Waals surface area contributed by atoms with Gasteiger partial charge in [-0.1, -0.05) is 6.42 Å². The fraction of sp³-hybridized carbons (Fsp3) is 0.667. The number of hydrogen-bond donors (Lipinski definition) is 1. The Morgan fingerprint density at radius 1 is 1.45 bits per heavy atom. The Bertz CT molecular complexity index is 443. The normalized spacial score (nSPS) is 31.2. The van der Waals surface area contributed by atoms with Gasteiger partial charge in [-0.15, -0.1) is 0 Å². The van der Waals surface area contributed by atoms with E-state index in [1.165, 1.54) is 12.0 Å². The van der Waals surface area contributed by atoms with Crippen LogP contribution in [0.5, 0.6) is 0 Å². The molecule has 1 amide bonds. The summed E-state index contributed by atoms with van der Waals surface area (Å²) in [6.07, 6.45) is 3.42. The molecule has 0 radical (unpaired) electrons. The third kappa shape index (κ3) is 3.05. The molecular weight excluding hydrogens is 272 g/mol. The Balaban J connectivity index is 1.67. The lowest BCUT2D eigenvalue weighted by Gasteiger charge is -2.39. The number of hydrogen-bond acceptors (Lipinski definition) is 4. The van der Waals surface area contributed by atoms with Gasteiger partial charge in [0.15, 0.2) is 0 Å². The molecule has 110 valence electrons. The average molecular weight is 294 g/mol. The molecule has 4 nitrogen and oxygen atoms in total. The highest BCUT2D eigenvalue weighted by Gasteiger charge is 2.33.